The Morgan fingerprint density at radius 2 is 1.85 bits per heavy atom. The summed E-state index contributed by atoms with van der Waals surface area (Å²) in [6.45, 7) is 3.23. The van der Waals surface area contributed by atoms with Crippen LogP contribution in [0.15, 0.2) is 51.7 Å². The monoisotopic (exact) mass is 538 g/mol. The topological polar surface area (TPSA) is 84.2 Å². The van der Waals surface area contributed by atoms with Crippen LogP contribution in [-0.2, 0) is 30.5 Å². The maximum atomic E-state index is 12.9. The molecule has 3 aromatic carbocycles. The Morgan fingerprint density at radius 3 is 2.73 bits per heavy atom. The molecule has 3 aliphatic rings. The van der Waals surface area contributed by atoms with E-state index in [-0.39, 0.29) is 23.9 Å². The van der Waals surface area contributed by atoms with Gasteiger partial charge in [0.05, 0.1) is 32.1 Å². The summed E-state index contributed by atoms with van der Waals surface area (Å²) in [6, 6.07) is 14.1. The average molecular weight is 539 g/mol. The fourth-order valence-corrected chi connectivity index (χ4v) is 6.49. The number of carbonyl (C=O) groups is 1. The van der Waals surface area contributed by atoms with Crippen LogP contribution < -0.4 is 24.6 Å². The third-order valence-corrected chi connectivity index (χ3v) is 8.39. The first-order valence-electron chi connectivity index (χ1n) is 13.9. The van der Waals surface area contributed by atoms with E-state index in [9.17, 15) is 9.59 Å². The predicted octanol–water partition coefficient (Wildman–Crippen LogP) is 5.60. The number of aryl methyl sites for hydroxylation is 2. The van der Waals surface area contributed by atoms with Crippen LogP contribution in [0.1, 0.15) is 57.7 Å². The molecule has 0 radical (unpaired) electrons. The highest BCUT2D eigenvalue weighted by molar-refractivity contribution is 5.95. The molecule has 3 heterocycles. The van der Waals surface area contributed by atoms with Crippen molar-refractivity contribution in [3.63, 3.8) is 0 Å². The highest BCUT2D eigenvalue weighted by atomic mass is 16.5. The van der Waals surface area contributed by atoms with Gasteiger partial charge in [0, 0.05) is 29.9 Å². The van der Waals surface area contributed by atoms with Gasteiger partial charge in [-0.1, -0.05) is 18.2 Å². The minimum absolute atomic E-state index is 0.212. The van der Waals surface area contributed by atoms with Gasteiger partial charge in [-0.2, -0.15) is 0 Å². The lowest BCUT2D eigenvalue weighted by Gasteiger charge is -2.28. The molecule has 0 N–H and O–H groups in total. The molecule has 1 atom stereocenters. The van der Waals surface area contributed by atoms with Crippen molar-refractivity contribution in [3.8, 4) is 23.0 Å². The molecular formula is C33H30O7. The number of fused-ring (bicyclic) bond motifs is 6. The fourth-order valence-electron chi connectivity index (χ4n) is 6.49. The summed E-state index contributed by atoms with van der Waals surface area (Å²) in [7, 11) is 1.62. The third-order valence-electron chi connectivity index (χ3n) is 8.39. The number of hydrogen-bond acceptors (Lipinski definition) is 7. The predicted molar refractivity (Wildman–Crippen MR) is 149 cm³/mol. The number of carbonyl (C=O) groups excluding carboxylic acids is 1. The molecule has 7 rings (SSSR count). The number of methoxy groups -OCH3 is 1. The van der Waals surface area contributed by atoms with Gasteiger partial charge in [-0.25, -0.2) is 4.79 Å². The first-order valence-corrected chi connectivity index (χ1v) is 13.9. The molecule has 204 valence electrons. The van der Waals surface area contributed by atoms with Gasteiger partial charge >= 0.3 is 11.6 Å². The lowest BCUT2D eigenvalue weighted by molar-refractivity contribution is -0.135. The van der Waals surface area contributed by atoms with Crippen molar-refractivity contribution in [2.75, 3.05) is 20.3 Å². The molecule has 0 saturated heterocycles. The molecule has 1 aromatic heterocycles. The summed E-state index contributed by atoms with van der Waals surface area (Å²) in [5.74, 6) is 2.25. The number of benzene rings is 3. The van der Waals surface area contributed by atoms with Crippen molar-refractivity contribution < 1.29 is 28.2 Å². The van der Waals surface area contributed by atoms with E-state index in [4.69, 9.17) is 23.4 Å². The van der Waals surface area contributed by atoms with Crippen molar-refractivity contribution in [3.05, 3.63) is 91.8 Å². The lowest BCUT2D eigenvalue weighted by Crippen LogP contribution is -2.23. The lowest BCUT2D eigenvalue weighted by atomic mass is 9.82. The van der Waals surface area contributed by atoms with E-state index < -0.39 is 0 Å². The van der Waals surface area contributed by atoms with Crippen molar-refractivity contribution in [1.82, 2.24) is 0 Å². The number of ether oxygens (including phenoxy) is 4. The summed E-state index contributed by atoms with van der Waals surface area (Å²) < 4.78 is 29.0. The van der Waals surface area contributed by atoms with E-state index in [1.807, 2.05) is 37.3 Å². The Hall–Kier alpha value is -4.26. The first-order chi connectivity index (χ1) is 19.5. The molecule has 0 fully saturated rings. The van der Waals surface area contributed by atoms with Gasteiger partial charge in [0.25, 0.3) is 0 Å². The highest BCUT2D eigenvalue weighted by Crippen LogP contribution is 2.48. The minimum Gasteiger partial charge on any atom is -0.493 e. The minimum atomic E-state index is -0.304. The van der Waals surface area contributed by atoms with E-state index in [0.717, 1.165) is 65.7 Å². The molecule has 0 spiro atoms. The zero-order chi connectivity index (χ0) is 27.4. The molecule has 0 unspecified atom stereocenters. The van der Waals surface area contributed by atoms with E-state index in [0.29, 0.717) is 41.4 Å². The quantitative estimate of drug-likeness (QED) is 0.180. The Balaban J connectivity index is 1.20. The Morgan fingerprint density at radius 1 is 0.975 bits per heavy atom. The van der Waals surface area contributed by atoms with Crippen LogP contribution in [0, 0.1) is 6.92 Å². The molecule has 1 aliphatic carbocycles. The molecule has 0 amide bonds. The van der Waals surface area contributed by atoms with Crippen LogP contribution in [0.4, 0.5) is 0 Å². The van der Waals surface area contributed by atoms with Gasteiger partial charge in [-0.3, -0.25) is 4.79 Å². The van der Waals surface area contributed by atoms with Gasteiger partial charge in [-0.05, 0) is 78.3 Å². The standard InChI is InChI=1S/C33H30O7/c1-18-14-28-31(22-4-3-5-23(22)33(35)39-28)32-30(18)24(17-29(34)40-32)20-7-9-26(27(16-20)36-2)38-12-10-19-6-8-25-21(15-19)11-13-37-25/h6-9,14-16,24H,3-5,10-13,17H2,1-2H3/t24-/m1/s1. The molecular weight excluding hydrogens is 508 g/mol. The van der Waals surface area contributed by atoms with Crippen molar-refractivity contribution >= 4 is 16.9 Å². The summed E-state index contributed by atoms with van der Waals surface area (Å²) in [5.41, 5.74) is 7.11. The Labute approximate surface area is 231 Å². The van der Waals surface area contributed by atoms with Gasteiger partial charge < -0.3 is 23.4 Å². The second-order valence-corrected chi connectivity index (χ2v) is 10.8. The molecule has 7 heteroatoms. The average Bonchev–Trinajstić information content (AvgIpc) is 3.63. The van der Waals surface area contributed by atoms with E-state index in [2.05, 4.69) is 12.1 Å². The molecule has 0 saturated carbocycles. The fraction of sp³-hybridized carbons (Fsp3) is 0.333. The molecule has 7 nitrogen and oxygen atoms in total. The summed E-state index contributed by atoms with van der Waals surface area (Å²) in [6.07, 6.45) is 4.28. The van der Waals surface area contributed by atoms with Gasteiger partial charge in [0.1, 0.15) is 17.1 Å². The third kappa shape index (κ3) is 4.12. The molecule has 0 bridgehead atoms. The first kappa shape index (κ1) is 24.8. The van der Waals surface area contributed by atoms with Gasteiger partial charge in [0.2, 0.25) is 0 Å². The Bertz CT molecular complexity index is 1730. The number of hydrogen-bond donors (Lipinski definition) is 0. The summed E-state index contributed by atoms with van der Waals surface area (Å²) >= 11 is 0. The highest BCUT2D eigenvalue weighted by Gasteiger charge is 2.34. The van der Waals surface area contributed by atoms with Crippen LogP contribution in [0.5, 0.6) is 23.0 Å². The largest absolute Gasteiger partial charge is 0.493 e. The molecule has 2 aliphatic heterocycles. The molecule has 40 heavy (non-hydrogen) atoms. The SMILES string of the molecule is COc1cc([C@H]2CC(=O)Oc3c2c(C)cc2oc(=O)c4c(c32)CCC4)ccc1OCCc1ccc2c(c1)CCO2. The zero-order valence-electron chi connectivity index (χ0n) is 22.6. The van der Waals surface area contributed by atoms with Crippen molar-refractivity contribution in [2.24, 2.45) is 0 Å². The maximum Gasteiger partial charge on any atom is 0.339 e. The van der Waals surface area contributed by atoms with Crippen molar-refractivity contribution in [2.45, 2.75) is 51.4 Å². The molecule has 4 aromatic rings. The Kier molecular flexibility index (Phi) is 6.02. The van der Waals surface area contributed by atoms with Crippen LogP contribution >= 0.6 is 0 Å². The maximum absolute atomic E-state index is 12.9. The second kappa shape index (κ2) is 9.73. The van der Waals surface area contributed by atoms with E-state index in [1.54, 1.807) is 7.11 Å². The summed E-state index contributed by atoms with van der Waals surface area (Å²) in [4.78, 5) is 25.5. The summed E-state index contributed by atoms with van der Waals surface area (Å²) in [5, 5.41) is 0.760. The van der Waals surface area contributed by atoms with Gasteiger partial charge in [0.15, 0.2) is 11.5 Å². The smallest absolute Gasteiger partial charge is 0.339 e. The number of rotatable bonds is 6. The van der Waals surface area contributed by atoms with Crippen LogP contribution in [0.3, 0.4) is 0 Å². The van der Waals surface area contributed by atoms with E-state index in [1.165, 1.54) is 11.1 Å². The second-order valence-electron chi connectivity index (χ2n) is 10.8. The van der Waals surface area contributed by atoms with Crippen LogP contribution in [0.2, 0.25) is 0 Å². The van der Waals surface area contributed by atoms with Gasteiger partial charge in [-0.15, -0.1) is 0 Å². The number of esters is 1. The zero-order valence-corrected chi connectivity index (χ0v) is 22.6. The van der Waals surface area contributed by atoms with Crippen molar-refractivity contribution in [1.29, 1.82) is 0 Å². The van der Waals surface area contributed by atoms with Crippen LogP contribution in [0.25, 0.3) is 11.0 Å². The van der Waals surface area contributed by atoms with Crippen LogP contribution in [-0.4, -0.2) is 26.3 Å². The normalized spacial score (nSPS) is 17.1. The van der Waals surface area contributed by atoms with E-state index >= 15 is 0 Å².